The molecule has 0 bridgehead atoms. The van der Waals surface area contributed by atoms with E-state index in [0.717, 1.165) is 22.0 Å². The maximum absolute atomic E-state index is 5.18. The third-order valence-electron chi connectivity index (χ3n) is 8.17. The van der Waals surface area contributed by atoms with E-state index in [1.165, 1.54) is 54.1 Å². The molecule has 3 nitrogen and oxygen atoms in total. The summed E-state index contributed by atoms with van der Waals surface area (Å²) in [7, 11) is 0. The summed E-state index contributed by atoms with van der Waals surface area (Å²) in [5, 5.41) is 5.90. The lowest BCUT2D eigenvalue weighted by molar-refractivity contribution is 1.19. The van der Waals surface area contributed by atoms with Crippen LogP contribution in [-0.4, -0.2) is 9.55 Å². The van der Waals surface area contributed by atoms with Gasteiger partial charge < -0.3 is 4.57 Å². The SMILES string of the molecule is C1=Cc2ccc3c(c2N(c2nc4ccccc4s2)c2ccccc21)c1ccccc1n3-c1cccc2ccccc12. The lowest BCUT2D eigenvalue weighted by Crippen LogP contribution is -2.12. The lowest BCUT2D eigenvalue weighted by atomic mass is 10.0. The average molecular weight is 542 g/mol. The molecular weight excluding hydrogens is 518 g/mol. The van der Waals surface area contributed by atoms with Gasteiger partial charge in [0, 0.05) is 16.2 Å². The number of hydrogen-bond acceptors (Lipinski definition) is 3. The summed E-state index contributed by atoms with van der Waals surface area (Å²) >= 11 is 1.74. The molecule has 192 valence electrons. The van der Waals surface area contributed by atoms with Gasteiger partial charge in [0.05, 0.1) is 38.3 Å². The zero-order valence-electron chi connectivity index (χ0n) is 22.0. The Kier molecular flexibility index (Phi) is 4.77. The molecule has 4 heteroatoms. The molecule has 1 aliphatic rings. The topological polar surface area (TPSA) is 21.1 Å². The predicted octanol–water partition coefficient (Wildman–Crippen LogP) is 10.5. The van der Waals surface area contributed by atoms with Crippen LogP contribution in [0.4, 0.5) is 16.5 Å². The van der Waals surface area contributed by atoms with Crippen LogP contribution in [0.5, 0.6) is 0 Å². The minimum atomic E-state index is 0.970. The van der Waals surface area contributed by atoms with Crippen LogP contribution in [0.15, 0.2) is 127 Å². The molecule has 0 amide bonds. The zero-order chi connectivity index (χ0) is 26.9. The fraction of sp³-hybridized carbons (Fsp3) is 0. The summed E-state index contributed by atoms with van der Waals surface area (Å²) in [6, 6.07) is 45.6. The highest BCUT2D eigenvalue weighted by Gasteiger charge is 2.27. The maximum Gasteiger partial charge on any atom is 0.195 e. The fourth-order valence-corrected chi connectivity index (χ4v) is 7.37. The van der Waals surface area contributed by atoms with E-state index in [1.54, 1.807) is 11.3 Å². The Morgan fingerprint density at radius 3 is 2.22 bits per heavy atom. The smallest absolute Gasteiger partial charge is 0.195 e. The van der Waals surface area contributed by atoms with E-state index in [-0.39, 0.29) is 0 Å². The average Bonchev–Trinajstić information content (AvgIpc) is 3.55. The molecule has 0 radical (unpaired) electrons. The van der Waals surface area contributed by atoms with Gasteiger partial charge in [-0.1, -0.05) is 114 Å². The van der Waals surface area contributed by atoms with Crippen LogP contribution in [0, 0.1) is 0 Å². The highest BCUT2D eigenvalue weighted by Crippen LogP contribution is 2.50. The number of aromatic nitrogens is 2. The van der Waals surface area contributed by atoms with E-state index < -0.39 is 0 Å². The van der Waals surface area contributed by atoms with Crippen molar-refractivity contribution in [1.82, 2.24) is 9.55 Å². The summed E-state index contributed by atoms with van der Waals surface area (Å²) in [6.07, 6.45) is 4.49. The second-order valence-corrected chi connectivity index (χ2v) is 11.4. The standard InChI is InChI=1S/C37H23N3S/c1-3-13-27-24(10-1)12-9-18-31(27)39-32-17-7-4-14-28(32)35-33(39)23-22-26-21-20-25-11-2-6-16-30(25)40(36(26)35)37-38-29-15-5-8-19-34(29)41-37/h1-23H. The van der Waals surface area contributed by atoms with Gasteiger partial charge in [0.2, 0.25) is 0 Å². The number of rotatable bonds is 2. The van der Waals surface area contributed by atoms with E-state index in [2.05, 4.69) is 149 Å². The van der Waals surface area contributed by atoms with E-state index in [0.29, 0.717) is 0 Å². The highest BCUT2D eigenvalue weighted by atomic mass is 32.1. The predicted molar refractivity (Wildman–Crippen MR) is 175 cm³/mol. The number of anilines is 3. The molecule has 3 heterocycles. The van der Waals surface area contributed by atoms with Crippen molar-refractivity contribution in [2.24, 2.45) is 0 Å². The van der Waals surface area contributed by atoms with Crippen molar-refractivity contribution >= 4 is 82.8 Å². The van der Waals surface area contributed by atoms with E-state index >= 15 is 0 Å². The third-order valence-corrected chi connectivity index (χ3v) is 9.19. The van der Waals surface area contributed by atoms with Crippen molar-refractivity contribution in [2.45, 2.75) is 0 Å². The Labute approximate surface area is 240 Å². The van der Waals surface area contributed by atoms with Crippen LogP contribution in [0.2, 0.25) is 0 Å². The van der Waals surface area contributed by atoms with Gasteiger partial charge in [-0.05, 0) is 52.9 Å². The van der Waals surface area contributed by atoms with Crippen molar-refractivity contribution in [3.05, 3.63) is 139 Å². The van der Waals surface area contributed by atoms with Crippen molar-refractivity contribution in [3.8, 4) is 5.69 Å². The minimum Gasteiger partial charge on any atom is -0.309 e. The van der Waals surface area contributed by atoms with Crippen molar-refractivity contribution in [2.75, 3.05) is 4.90 Å². The quantitative estimate of drug-likeness (QED) is 0.217. The highest BCUT2D eigenvalue weighted by molar-refractivity contribution is 7.22. The number of thiazole rings is 1. The van der Waals surface area contributed by atoms with Crippen LogP contribution < -0.4 is 4.90 Å². The van der Waals surface area contributed by atoms with Gasteiger partial charge in [-0.15, -0.1) is 0 Å². The maximum atomic E-state index is 5.18. The minimum absolute atomic E-state index is 0.970. The summed E-state index contributed by atoms with van der Waals surface area (Å²) in [6.45, 7) is 0. The van der Waals surface area contributed by atoms with Gasteiger partial charge in [-0.25, -0.2) is 4.98 Å². The van der Waals surface area contributed by atoms with E-state index in [4.69, 9.17) is 4.98 Å². The first-order valence-electron chi connectivity index (χ1n) is 13.8. The van der Waals surface area contributed by atoms with E-state index in [9.17, 15) is 0 Å². The van der Waals surface area contributed by atoms with Gasteiger partial charge in [-0.3, -0.25) is 4.90 Å². The molecule has 2 aromatic heterocycles. The van der Waals surface area contributed by atoms with Crippen molar-refractivity contribution < 1.29 is 0 Å². The number of para-hydroxylation sites is 3. The summed E-state index contributed by atoms with van der Waals surface area (Å²) in [5.74, 6) is 0. The largest absolute Gasteiger partial charge is 0.309 e. The zero-order valence-corrected chi connectivity index (χ0v) is 22.8. The van der Waals surface area contributed by atoms with Crippen LogP contribution in [0.25, 0.3) is 60.6 Å². The second kappa shape index (κ2) is 8.65. The van der Waals surface area contributed by atoms with Gasteiger partial charge in [0.1, 0.15) is 0 Å². The van der Waals surface area contributed by atoms with Gasteiger partial charge in [-0.2, -0.15) is 0 Å². The molecule has 0 N–H and O–H groups in total. The summed E-state index contributed by atoms with van der Waals surface area (Å²) < 4.78 is 3.62. The molecule has 0 spiro atoms. The first kappa shape index (κ1) is 22.6. The third kappa shape index (κ3) is 3.28. The Morgan fingerprint density at radius 2 is 1.27 bits per heavy atom. The Balaban J connectivity index is 1.44. The fourth-order valence-electron chi connectivity index (χ4n) is 6.38. The van der Waals surface area contributed by atoms with Gasteiger partial charge >= 0.3 is 0 Å². The summed E-state index contributed by atoms with van der Waals surface area (Å²) in [5.41, 5.74) is 9.23. The molecule has 1 aliphatic heterocycles. The second-order valence-electron chi connectivity index (χ2n) is 10.4. The number of benzene rings is 6. The Hall–Kier alpha value is -5.19. The van der Waals surface area contributed by atoms with Gasteiger partial charge in [0.25, 0.3) is 0 Å². The molecule has 0 saturated heterocycles. The molecule has 0 saturated carbocycles. The molecular formula is C37H23N3S. The van der Waals surface area contributed by atoms with Crippen molar-refractivity contribution in [1.29, 1.82) is 0 Å². The first-order valence-corrected chi connectivity index (χ1v) is 14.6. The Morgan fingerprint density at radius 1 is 0.537 bits per heavy atom. The van der Waals surface area contributed by atoms with Crippen LogP contribution in [0.3, 0.4) is 0 Å². The Bertz CT molecular complexity index is 2300. The molecule has 9 rings (SSSR count). The van der Waals surface area contributed by atoms with Crippen molar-refractivity contribution in [3.63, 3.8) is 0 Å². The lowest BCUT2D eigenvalue weighted by Gasteiger charge is -2.25. The molecule has 0 fully saturated rings. The molecule has 0 aliphatic carbocycles. The number of nitrogens with zero attached hydrogens (tertiary/aromatic N) is 3. The molecule has 0 atom stereocenters. The van der Waals surface area contributed by atoms with Crippen LogP contribution >= 0.6 is 11.3 Å². The van der Waals surface area contributed by atoms with E-state index in [1.807, 2.05) is 0 Å². The van der Waals surface area contributed by atoms with Crippen LogP contribution in [-0.2, 0) is 0 Å². The molecule has 6 aromatic carbocycles. The monoisotopic (exact) mass is 541 g/mol. The summed E-state index contributed by atoms with van der Waals surface area (Å²) in [4.78, 5) is 7.56. The van der Waals surface area contributed by atoms with Crippen LogP contribution in [0.1, 0.15) is 11.1 Å². The first-order chi connectivity index (χ1) is 20.3. The molecule has 0 unspecified atom stereocenters. The molecule has 41 heavy (non-hydrogen) atoms. The number of hydrogen-bond donors (Lipinski definition) is 0. The normalized spacial score (nSPS) is 12.7. The van der Waals surface area contributed by atoms with Gasteiger partial charge in [0.15, 0.2) is 5.13 Å². The number of fused-ring (bicyclic) bond motifs is 8. The molecule has 8 aromatic rings.